The van der Waals surface area contributed by atoms with E-state index < -0.39 is 11.2 Å². The molecule has 19 heavy (non-hydrogen) atoms. The second-order valence-electron chi connectivity index (χ2n) is 3.92. The zero-order valence-corrected chi connectivity index (χ0v) is 11.3. The number of nitrogens with zero attached hydrogens (tertiary/aromatic N) is 2. The summed E-state index contributed by atoms with van der Waals surface area (Å²) < 4.78 is 1.31. The molecule has 0 aliphatic carbocycles. The second kappa shape index (κ2) is 5.70. The smallest absolute Gasteiger partial charge is 0.330 e. The van der Waals surface area contributed by atoms with Gasteiger partial charge in [-0.05, 0) is 6.92 Å². The molecule has 2 rings (SSSR count). The van der Waals surface area contributed by atoms with Gasteiger partial charge in [-0.1, -0.05) is 0 Å². The number of nitrogens with two attached hydrogens (primary N) is 1. The van der Waals surface area contributed by atoms with Crippen molar-refractivity contribution in [3.05, 3.63) is 37.4 Å². The first-order chi connectivity index (χ1) is 9.13. The van der Waals surface area contributed by atoms with Crippen LogP contribution in [-0.4, -0.2) is 21.1 Å². The third-order valence-corrected chi connectivity index (χ3v) is 3.36. The molecule has 8 heteroatoms. The Balaban J connectivity index is 2.16. The van der Waals surface area contributed by atoms with E-state index in [9.17, 15) is 9.59 Å². The van der Waals surface area contributed by atoms with Gasteiger partial charge in [-0.2, -0.15) is 0 Å². The van der Waals surface area contributed by atoms with E-state index in [4.69, 9.17) is 5.73 Å². The van der Waals surface area contributed by atoms with Crippen molar-refractivity contribution < 1.29 is 0 Å². The summed E-state index contributed by atoms with van der Waals surface area (Å²) in [7, 11) is 0. The zero-order chi connectivity index (χ0) is 13.8. The molecule has 2 aromatic heterocycles. The van der Waals surface area contributed by atoms with Gasteiger partial charge in [0.2, 0.25) is 0 Å². The molecule has 0 saturated carbocycles. The van der Waals surface area contributed by atoms with Gasteiger partial charge >= 0.3 is 5.69 Å². The topological polar surface area (TPSA) is 106 Å². The van der Waals surface area contributed by atoms with Gasteiger partial charge in [-0.25, -0.2) is 9.78 Å². The zero-order valence-electron chi connectivity index (χ0n) is 10.5. The Morgan fingerprint density at radius 3 is 2.95 bits per heavy atom. The Bertz CT molecular complexity index is 659. The lowest BCUT2D eigenvalue weighted by Crippen LogP contribution is -2.34. The highest BCUT2D eigenvalue weighted by Crippen LogP contribution is 2.10. The van der Waals surface area contributed by atoms with Gasteiger partial charge in [0.05, 0.1) is 11.2 Å². The van der Waals surface area contributed by atoms with Crippen LogP contribution >= 0.6 is 11.3 Å². The maximum atomic E-state index is 11.7. The van der Waals surface area contributed by atoms with Crippen LogP contribution in [0.3, 0.4) is 0 Å². The number of hydrogen-bond donors (Lipinski definition) is 3. The fourth-order valence-corrected chi connectivity index (χ4v) is 2.34. The summed E-state index contributed by atoms with van der Waals surface area (Å²) >= 11 is 1.52. The highest BCUT2D eigenvalue weighted by molar-refractivity contribution is 7.07. The van der Waals surface area contributed by atoms with Gasteiger partial charge in [0, 0.05) is 24.9 Å². The molecule has 0 unspecified atom stereocenters. The summed E-state index contributed by atoms with van der Waals surface area (Å²) in [6, 6.07) is 0. The van der Waals surface area contributed by atoms with Crippen LogP contribution in [0, 0.1) is 0 Å². The van der Waals surface area contributed by atoms with E-state index in [0.29, 0.717) is 19.5 Å². The SMILES string of the molecule is CCn1c(N)c(NCCc2cscn2)c(=O)[nH]c1=O. The lowest BCUT2D eigenvalue weighted by molar-refractivity contribution is 0.706. The van der Waals surface area contributed by atoms with Crippen LogP contribution in [0.4, 0.5) is 11.5 Å². The molecule has 0 saturated heterocycles. The monoisotopic (exact) mass is 281 g/mol. The molecule has 2 heterocycles. The highest BCUT2D eigenvalue weighted by atomic mass is 32.1. The molecule has 0 aliphatic heterocycles. The van der Waals surface area contributed by atoms with E-state index in [0.717, 1.165) is 5.69 Å². The van der Waals surface area contributed by atoms with Crippen molar-refractivity contribution in [3.8, 4) is 0 Å². The Labute approximate surface area is 113 Å². The second-order valence-corrected chi connectivity index (χ2v) is 4.64. The van der Waals surface area contributed by atoms with Crippen molar-refractivity contribution in [2.24, 2.45) is 0 Å². The maximum absolute atomic E-state index is 11.7. The lowest BCUT2D eigenvalue weighted by Gasteiger charge is -2.11. The van der Waals surface area contributed by atoms with E-state index in [1.54, 1.807) is 12.4 Å². The number of anilines is 2. The molecule has 0 atom stereocenters. The highest BCUT2D eigenvalue weighted by Gasteiger charge is 2.10. The molecule has 0 fully saturated rings. The molecule has 7 nitrogen and oxygen atoms in total. The first-order valence-corrected chi connectivity index (χ1v) is 6.81. The normalized spacial score (nSPS) is 10.6. The molecule has 4 N–H and O–H groups in total. The van der Waals surface area contributed by atoms with E-state index in [2.05, 4.69) is 15.3 Å². The van der Waals surface area contributed by atoms with Crippen LogP contribution in [0.2, 0.25) is 0 Å². The quantitative estimate of drug-likeness (QED) is 0.728. The largest absolute Gasteiger partial charge is 0.383 e. The van der Waals surface area contributed by atoms with Crippen LogP contribution in [0.25, 0.3) is 0 Å². The van der Waals surface area contributed by atoms with E-state index in [1.165, 1.54) is 15.9 Å². The Kier molecular flexibility index (Phi) is 4.00. The molecule has 102 valence electrons. The molecule has 0 radical (unpaired) electrons. The Morgan fingerprint density at radius 2 is 2.32 bits per heavy atom. The van der Waals surface area contributed by atoms with E-state index in [1.807, 2.05) is 5.38 Å². The number of rotatable bonds is 5. The summed E-state index contributed by atoms with van der Waals surface area (Å²) in [5.41, 5.74) is 7.78. The summed E-state index contributed by atoms with van der Waals surface area (Å²) in [6.07, 6.45) is 0.688. The number of nitrogen functional groups attached to an aromatic ring is 1. The minimum absolute atomic E-state index is 0.162. The predicted octanol–water partition coefficient (Wildman–Crippen LogP) is 0.250. The number of thiazole rings is 1. The molecule has 0 aliphatic rings. The van der Waals surface area contributed by atoms with E-state index in [-0.39, 0.29) is 11.5 Å². The van der Waals surface area contributed by atoms with Crippen molar-refractivity contribution in [1.29, 1.82) is 0 Å². The fourth-order valence-electron chi connectivity index (χ4n) is 1.75. The Morgan fingerprint density at radius 1 is 1.53 bits per heavy atom. The number of nitrogens with one attached hydrogen (secondary N) is 2. The Hall–Kier alpha value is -2.09. The van der Waals surface area contributed by atoms with Gasteiger partial charge in [-0.3, -0.25) is 14.3 Å². The summed E-state index contributed by atoms with van der Waals surface area (Å²) in [4.78, 5) is 29.6. The number of aromatic amines is 1. The molecule has 0 bridgehead atoms. The van der Waals surface area contributed by atoms with Crippen molar-refractivity contribution >= 4 is 22.8 Å². The minimum atomic E-state index is -0.495. The van der Waals surface area contributed by atoms with Crippen molar-refractivity contribution in [2.45, 2.75) is 19.9 Å². The van der Waals surface area contributed by atoms with Gasteiger partial charge < -0.3 is 11.1 Å². The average molecular weight is 281 g/mol. The molecule has 0 amide bonds. The van der Waals surface area contributed by atoms with Crippen LogP contribution in [0.1, 0.15) is 12.6 Å². The molecular weight excluding hydrogens is 266 g/mol. The number of hydrogen-bond acceptors (Lipinski definition) is 6. The predicted molar refractivity (Wildman–Crippen MR) is 75.7 cm³/mol. The number of aromatic nitrogens is 3. The standard InChI is InChI=1S/C11H15N5O2S/c1-2-16-9(12)8(10(17)15-11(16)18)13-4-3-7-5-19-6-14-7/h5-6,13H,2-4,12H2,1H3,(H,15,17,18). The summed E-state index contributed by atoms with van der Waals surface area (Å²) in [5.74, 6) is 0.162. The van der Waals surface area contributed by atoms with Gasteiger partial charge in [0.25, 0.3) is 5.56 Å². The molecule has 0 spiro atoms. The fraction of sp³-hybridized carbons (Fsp3) is 0.364. The van der Waals surface area contributed by atoms with Crippen LogP contribution < -0.4 is 22.3 Å². The molecule has 0 aromatic carbocycles. The summed E-state index contributed by atoms with van der Waals surface area (Å²) in [5, 5.41) is 4.90. The van der Waals surface area contributed by atoms with Gasteiger partial charge in [0.15, 0.2) is 0 Å². The molecule has 2 aromatic rings. The third kappa shape index (κ3) is 2.84. The van der Waals surface area contributed by atoms with E-state index >= 15 is 0 Å². The lowest BCUT2D eigenvalue weighted by atomic mass is 10.3. The van der Waals surface area contributed by atoms with Crippen molar-refractivity contribution in [2.75, 3.05) is 17.6 Å². The van der Waals surface area contributed by atoms with Crippen molar-refractivity contribution in [3.63, 3.8) is 0 Å². The first kappa shape index (κ1) is 13.3. The van der Waals surface area contributed by atoms with Crippen LogP contribution in [0.5, 0.6) is 0 Å². The van der Waals surface area contributed by atoms with Crippen LogP contribution in [-0.2, 0) is 13.0 Å². The maximum Gasteiger partial charge on any atom is 0.330 e. The first-order valence-electron chi connectivity index (χ1n) is 5.87. The third-order valence-electron chi connectivity index (χ3n) is 2.72. The van der Waals surface area contributed by atoms with Gasteiger partial charge in [-0.15, -0.1) is 11.3 Å². The molecular formula is C11H15N5O2S. The van der Waals surface area contributed by atoms with Crippen molar-refractivity contribution in [1.82, 2.24) is 14.5 Å². The average Bonchev–Trinajstić information content (AvgIpc) is 2.86. The summed E-state index contributed by atoms with van der Waals surface area (Å²) in [6.45, 7) is 2.72. The number of H-pyrrole nitrogens is 1. The van der Waals surface area contributed by atoms with Gasteiger partial charge in [0.1, 0.15) is 11.5 Å². The van der Waals surface area contributed by atoms with Crippen LogP contribution in [0.15, 0.2) is 20.5 Å². The minimum Gasteiger partial charge on any atom is -0.383 e.